The van der Waals surface area contributed by atoms with E-state index in [0.29, 0.717) is 22.1 Å². The van der Waals surface area contributed by atoms with Crippen molar-refractivity contribution >= 4 is 40.3 Å². The number of rotatable bonds is 5. The minimum atomic E-state index is -0.464. The molecule has 0 aliphatic heterocycles. The lowest BCUT2D eigenvalue weighted by atomic mass is 10.0. The predicted molar refractivity (Wildman–Crippen MR) is 110 cm³/mol. The van der Waals surface area contributed by atoms with Crippen LogP contribution in [0, 0.1) is 0 Å². The lowest BCUT2D eigenvalue weighted by Gasteiger charge is -2.08. The van der Waals surface area contributed by atoms with Crippen LogP contribution >= 0.6 is 11.6 Å². The zero-order valence-electron chi connectivity index (χ0n) is 14.8. The smallest absolute Gasteiger partial charge is 0.339 e. The van der Waals surface area contributed by atoms with E-state index in [1.54, 1.807) is 30.3 Å². The Kier molecular flexibility index (Phi) is 5.22. The summed E-state index contributed by atoms with van der Waals surface area (Å²) in [5.74, 6) is -0.113. The summed E-state index contributed by atoms with van der Waals surface area (Å²) in [5, 5.41) is 0.600. The van der Waals surface area contributed by atoms with Crippen LogP contribution in [0.4, 0.5) is 0 Å². The monoisotopic (exact) mass is 389 g/mol. The van der Waals surface area contributed by atoms with Crippen LogP contribution in [-0.2, 0) is 16.1 Å². The third kappa shape index (κ3) is 4.13. The maximum atomic E-state index is 12.8. The summed E-state index contributed by atoms with van der Waals surface area (Å²) in [5.41, 5.74) is 3.43. The molecule has 1 aromatic heterocycles. The molecule has 0 bridgehead atoms. The van der Waals surface area contributed by atoms with E-state index in [9.17, 15) is 4.79 Å². The van der Waals surface area contributed by atoms with E-state index in [1.165, 1.54) is 0 Å². The molecule has 4 aromatic rings. The number of para-hydroxylation sites is 2. The van der Waals surface area contributed by atoms with E-state index in [4.69, 9.17) is 20.8 Å². The molecule has 4 nitrogen and oxygen atoms in total. The fourth-order valence-corrected chi connectivity index (χ4v) is 2.92. The number of hydrogen-bond donors (Lipinski definition) is 0. The number of ether oxygens (including phenoxy) is 1. The van der Waals surface area contributed by atoms with Crippen molar-refractivity contribution in [2.75, 3.05) is 0 Å². The number of carbonyl (C=O) groups excluding carboxylic acids is 1. The molecule has 3 aromatic carbocycles. The number of hydrogen-bond acceptors (Lipinski definition) is 4. The van der Waals surface area contributed by atoms with Gasteiger partial charge in [0, 0.05) is 5.02 Å². The Morgan fingerprint density at radius 3 is 2.43 bits per heavy atom. The molecule has 0 saturated carbocycles. The maximum Gasteiger partial charge on any atom is 0.339 e. The molecule has 0 aliphatic rings. The van der Waals surface area contributed by atoms with Crippen LogP contribution in [0.15, 0.2) is 83.3 Å². The van der Waals surface area contributed by atoms with Gasteiger partial charge >= 0.3 is 5.97 Å². The van der Waals surface area contributed by atoms with Gasteiger partial charge in [-0.3, -0.25) is 0 Å². The standard InChI is InChI=1S/C23H16ClNO3/c24-18-12-10-17(11-13-18)19(14-16-6-2-1-3-7-16)23(26)27-15-22-25-20-8-4-5-9-21(20)28-22/h1-14H,15H2/b19-14+. The van der Waals surface area contributed by atoms with Crippen LogP contribution < -0.4 is 0 Å². The number of fused-ring (bicyclic) bond motifs is 1. The second-order valence-corrected chi connectivity index (χ2v) is 6.56. The number of halogens is 1. The van der Waals surface area contributed by atoms with Gasteiger partial charge in [0.15, 0.2) is 12.2 Å². The fourth-order valence-electron chi connectivity index (χ4n) is 2.79. The summed E-state index contributed by atoms with van der Waals surface area (Å²) < 4.78 is 11.1. The van der Waals surface area contributed by atoms with E-state index in [0.717, 1.165) is 16.6 Å². The highest BCUT2D eigenvalue weighted by molar-refractivity contribution is 6.30. The van der Waals surface area contributed by atoms with E-state index in [1.807, 2.05) is 54.6 Å². The Morgan fingerprint density at radius 1 is 0.964 bits per heavy atom. The van der Waals surface area contributed by atoms with E-state index in [2.05, 4.69) is 4.98 Å². The number of nitrogens with zero attached hydrogens (tertiary/aromatic N) is 1. The SMILES string of the molecule is O=C(OCc1nc2ccccc2o1)/C(=C/c1ccccc1)c1ccc(Cl)cc1. The predicted octanol–water partition coefficient (Wildman–Crippen LogP) is 5.77. The number of carbonyl (C=O) groups is 1. The van der Waals surface area contributed by atoms with Crippen molar-refractivity contribution in [1.82, 2.24) is 4.98 Å². The number of esters is 1. The van der Waals surface area contributed by atoms with E-state index >= 15 is 0 Å². The third-order valence-electron chi connectivity index (χ3n) is 4.15. The Morgan fingerprint density at radius 2 is 1.68 bits per heavy atom. The largest absolute Gasteiger partial charge is 0.452 e. The van der Waals surface area contributed by atoms with Crippen LogP contribution in [0.5, 0.6) is 0 Å². The summed E-state index contributed by atoms with van der Waals surface area (Å²) >= 11 is 5.98. The second kappa shape index (κ2) is 8.11. The Hall–Kier alpha value is -3.37. The van der Waals surface area contributed by atoms with Crippen molar-refractivity contribution in [2.24, 2.45) is 0 Å². The van der Waals surface area contributed by atoms with Crippen LogP contribution in [0.25, 0.3) is 22.7 Å². The Labute approximate surface area is 167 Å². The molecule has 0 unspecified atom stereocenters. The van der Waals surface area contributed by atoms with Gasteiger partial charge < -0.3 is 9.15 Å². The molecule has 0 aliphatic carbocycles. The average Bonchev–Trinajstić information content (AvgIpc) is 3.15. The minimum absolute atomic E-state index is 0.0484. The number of oxazole rings is 1. The Balaban J connectivity index is 1.59. The molecule has 0 spiro atoms. The first-order chi connectivity index (χ1) is 13.7. The fraction of sp³-hybridized carbons (Fsp3) is 0.0435. The number of benzene rings is 3. The van der Waals surface area contributed by atoms with Gasteiger partial charge in [0.05, 0.1) is 5.57 Å². The minimum Gasteiger partial charge on any atom is -0.452 e. The summed E-state index contributed by atoms with van der Waals surface area (Å²) in [6, 6.07) is 24.1. The van der Waals surface area contributed by atoms with Crippen LogP contribution in [-0.4, -0.2) is 11.0 Å². The van der Waals surface area contributed by atoms with Crippen molar-refractivity contribution in [3.8, 4) is 0 Å². The molecular formula is C23H16ClNO3. The van der Waals surface area contributed by atoms with Crippen molar-refractivity contribution in [2.45, 2.75) is 6.61 Å². The summed E-state index contributed by atoms with van der Waals surface area (Å²) in [6.07, 6.45) is 1.79. The van der Waals surface area contributed by atoms with Crippen LogP contribution in [0.2, 0.25) is 5.02 Å². The molecule has 0 radical (unpaired) electrons. The van der Waals surface area contributed by atoms with Gasteiger partial charge in [-0.15, -0.1) is 0 Å². The van der Waals surface area contributed by atoms with Gasteiger partial charge in [0.1, 0.15) is 5.52 Å². The number of aromatic nitrogens is 1. The van der Waals surface area contributed by atoms with Gasteiger partial charge in [0.25, 0.3) is 0 Å². The second-order valence-electron chi connectivity index (χ2n) is 6.13. The van der Waals surface area contributed by atoms with Crippen molar-refractivity contribution in [3.63, 3.8) is 0 Å². The summed E-state index contributed by atoms with van der Waals surface area (Å²) in [6.45, 7) is -0.0484. The van der Waals surface area contributed by atoms with Gasteiger partial charge in [-0.1, -0.05) is 66.2 Å². The normalized spacial score (nSPS) is 11.5. The van der Waals surface area contributed by atoms with Gasteiger partial charge in [0.2, 0.25) is 5.89 Å². The lowest BCUT2D eigenvalue weighted by molar-refractivity contribution is -0.138. The molecule has 0 saturated heterocycles. The molecule has 138 valence electrons. The van der Waals surface area contributed by atoms with Crippen molar-refractivity contribution < 1.29 is 13.9 Å². The molecule has 28 heavy (non-hydrogen) atoms. The van der Waals surface area contributed by atoms with Gasteiger partial charge in [-0.2, -0.15) is 0 Å². The van der Waals surface area contributed by atoms with E-state index in [-0.39, 0.29) is 6.61 Å². The van der Waals surface area contributed by atoms with Crippen molar-refractivity contribution in [3.05, 3.63) is 101 Å². The highest BCUT2D eigenvalue weighted by Gasteiger charge is 2.16. The van der Waals surface area contributed by atoms with Crippen molar-refractivity contribution in [1.29, 1.82) is 0 Å². The Bertz CT molecular complexity index is 1100. The first-order valence-electron chi connectivity index (χ1n) is 8.73. The summed E-state index contributed by atoms with van der Waals surface area (Å²) in [7, 11) is 0. The van der Waals surface area contributed by atoms with Crippen LogP contribution in [0.1, 0.15) is 17.0 Å². The summed E-state index contributed by atoms with van der Waals surface area (Å²) in [4.78, 5) is 17.2. The quantitative estimate of drug-likeness (QED) is 0.247. The maximum absolute atomic E-state index is 12.8. The average molecular weight is 390 g/mol. The molecule has 4 rings (SSSR count). The third-order valence-corrected chi connectivity index (χ3v) is 4.40. The molecule has 0 fully saturated rings. The van der Waals surface area contributed by atoms with Gasteiger partial charge in [-0.25, -0.2) is 9.78 Å². The first-order valence-corrected chi connectivity index (χ1v) is 9.11. The first kappa shape index (κ1) is 18.0. The molecular weight excluding hydrogens is 374 g/mol. The molecule has 0 atom stereocenters. The van der Waals surface area contributed by atoms with E-state index < -0.39 is 5.97 Å². The van der Waals surface area contributed by atoms with Crippen LogP contribution in [0.3, 0.4) is 0 Å². The molecule has 0 amide bonds. The molecule has 5 heteroatoms. The lowest BCUT2D eigenvalue weighted by Crippen LogP contribution is -2.07. The highest BCUT2D eigenvalue weighted by atomic mass is 35.5. The highest BCUT2D eigenvalue weighted by Crippen LogP contribution is 2.23. The molecule has 0 N–H and O–H groups in total. The zero-order chi connectivity index (χ0) is 19.3. The zero-order valence-corrected chi connectivity index (χ0v) is 15.6. The van der Waals surface area contributed by atoms with Gasteiger partial charge in [-0.05, 0) is 41.5 Å². The molecule has 1 heterocycles. The topological polar surface area (TPSA) is 52.3 Å².